The van der Waals surface area contributed by atoms with E-state index in [0.717, 1.165) is 17.2 Å². The van der Waals surface area contributed by atoms with Gasteiger partial charge in [-0.15, -0.1) is 11.3 Å². The summed E-state index contributed by atoms with van der Waals surface area (Å²) in [6, 6.07) is 14.7. The molecule has 1 aliphatic rings. The molecular formula is C23H24N4O2S2. The van der Waals surface area contributed by atoms with Crippen LogP contribution in [0.5, 0.6) is 0 Å². The van der Waals surface area contributed by atoms with Gasteiger partial charge in [0.2, 0.25) is 10.0 Å². The molecule has 3 aromatic rings. The van der Waals surface area contributed by atoms with Gasteiger partial charge >= 0.3 is 0 Å². The van der Waals surface area contributed by atoms with Crippen LogP contribution < -0.4 is 4.90 Å². The molecule has 1 aliphatic heterocycles. The predicted octanol–water partition coefficient (Wildman–Crippen LogP) is 3.73. The molecule has 8 heteroatoms. The first-order valence-electron chi connectivity index (χ1n) is 10.1. The lowest BCUT2D eigenvalue weighted by Crippen LogP contribution is -2.48. The molecule has 0 bridgehead atoms. The number of aryl methyl sites for hydroxylation is 1. The molecule has 0 aliphatic carbocycles. The van der Waals surface area contributed by atoms with Crippen LogP contribution in [-0.2, 0) is 16.4 Å². The van der Waals surface area contributed by atoms with E-state index < -0.39 is 10.0 Å². The van der Waals surface area contributed by atoms with Gasteiger partial charge in [0, 0.05) is 38.0 Å². The van der Waals surface area contributed by atoms with Crippen LogP contribution in [0.25, 0.3) is 0 Å². The topological polar surface area (TPSA) is 77.3 Å². The van der Waals surface area contributed by atoms with E-state index >= 15 is 0 Å². The monoisotopic (exact) mass is 452 g/mol. The van der Waals surface area contributed by atoms with Crippen molar-refractivity contribution in [2.24, 2.45) is 0 Å². The number of rotatable bonds is 5. The van der Waals surface area contributed by atoms with Gasteiger partial charge in [-0.3, -0.25) is 0 Å². The summed E-state index contributed by atoms with van der Waals surface area (Å²) >= 11 is 1.60. The van der Waals surface area contributed by atoms with Gasteiger partial charge in [0.25, 0.3) is 0 Å². The summed E-state index contributed by atoms with van der Waals surface area (Å²) in [5, 5.41) is 12.3. The van der Waals surface area contributed by atoms with Crippen molar-refractivity contribution >= 4 is 26.5 Å². The zero-order valence-corrected chi connectivity index (χ0v) is 19.2. The summed E-state index contributed by atoms with van der Waals surface area (Å²) in [5.74, 6) is 0. The maximum atomic E-state index is 13.0. The lowest BCUT2D eigenvalue weighted by molar-refractivity contribution is 0.384. The van der Waals surface area contributed by atoms with Gasteiger partial charge in [-0.2, -0.15) is 9.57 Å². The van der Waals surface area contributed by atoms with Gasteiger partial charge in [0.15, 0.2) is 5.13 Å². The maximum Gasteiger partial charge on any atom is 0.244 e. The van der Waals surface area contributed by atoms with Gasteiger partial charge in [-0.05, 0) is 42.7 Å². The Morgan fingerprint density at radius 3 is 2.55 bits per heavy atom. The van der Waals surface area contributed by atoms with E-state index in [2.05, 4.69) is 42.3 Å². The van der Waals surface area contributed by atoms with Crippen molar-refractivity contribution in [2.45, 2.75) is 25.2 Å². The highest BCUT2D eigenvalue weighted by Gasteiger charge is 2.31. The second-order valence-electron chi connectivity index (χ2n) is 7.66. The zero-order valence-electron chi connectivity index (χ0n) is 17.6. The molecule has 2 aromatic carbocycles. The van der Waals surface area contributed by atoms with E-state index in [0.29, 0.717) is 26.2 Å². The Morgan fingerprint density at radius 1 is 1.06 bits per heavy atom. The molecular weight excluding hydrogens is 428 g/mol. The first-order chi connectivity index (χ1) is 14.9. The fourth-order valence-electron chi connectivity index (χ4n) is 3.76. The Bertz CT molecular complexity index is 1240. The molecule has 1 fully saturated rings. The van der Waals surface area contributed by atoms with Gasteiger partial charge in [0.1, 0.15) is 6.07 Å². The first-order valence-corrected chi connectivity index (χ1v) is 12.5. The summed E-state index contributed by atoms with van der Waals surface area (Å²) in [5.41, 5.74) is 5.08. The number of anilines is 1. The molecule has 31 heavy (non-hydrogen) atoms. The van der Waals surface area contributed by atoms with Crippen molar-refractivity contribution in [1.29, 1.82) is 5.26 Å². The second-order valence-corrected chi connectivity index (χ2v) is 10.4. The second kappa shape index (κ2) is 8.79. The normalized spacial score (nSPS) is 15.1. The van der Waals surface area contributed by atoms with Crippen molar-refractivity contribution in [3.63, 3.8) is 0 Å². The fraction of sp³-hybridized carbons (Fsp3) is 0.304. The Labute approximate surface area is 187 Å². The minimum Gasteiger partial charge on any atom is -0.345 e. The average molecular weight is 453 g/mol. The molecule has 0 saturated carbocycles. The number of thiazole rings is 1. The van der Waals surface area contributed by atoms with Crippen LogP contribution in [0.3, 0.4) is 0 Å². The summed E-state index contributed by atoms with van der Waals surface area (Å²) in [7, 11) is -3.69. The lowest BCUT2D eigenvalue weighted by Gasteiger charge is -2.33. The number of benzene rings is 2. The highest BCUT2D eigenvalue weighted by Crippen LogP contribution is 2.27. The molecule has 0 atom stereocenters. The predicted molar refractivity (Wildman–Crippen MR) is 123 cm³/mol. The summed E-state index contributed by atoms with van der Waals surface area (Å²) in [6.07, 6.45) is 0.795. The smallest absolute Gasteiger partial charge is 0.244 e. The van der Waals surface area contributed by atoms with Gasteiger partial charge < -0.3 is 4.90 Å². The van der Waals surface area contributed by atoms with Crippen LogP contribution in [-0.4, -0.2) is 43.9 Å². The van der Waals surface area contributed by atoms with Crippen LogP contribution in [0.1, 0.15) is 27.9 Å². The molecule has 0 radical (unpaired) electrons. The lowest BCUT2D eigenvalue weighted by atomic mass is 10.0. The number of hydrogen-bond donors (Lipinski definition) is 0. The molecule has 2 heterocycles. The van der Waals surface area contributed by atoms with Crippen molar-refractivity contribution in [2.75, 3.05) is 31.1 Å². The molecule has 1 aromatic heterocycles. The molecule has 0 spiro atoms. The molecule has 160 valence electrons. The van der Waals surface area contributed by atoms with E-state index in [1.807, 2.05) is 6.07 Å². The molecule has 1 saturated heterocycles. The maximum absolute atomic E-state index is 13.0. The summed E-state index contributed by atoms with van der Waals surface area (Å²) in [4.78, 5) is 7.02. The third-order valence-electron chi connectivity index (χ3n) is 5.76. The third kappa shape index (κ3) is 4.35. The van der Waals surface area contributed by atoms with E-state index in [9.17, 15) is 13.7 Å². The van der Waals surface area contributed by atoms with Crippen LogP contribution in [0.2, 0.25) is 0 Å². The Balaban J connectivity index is 1.44. The number of aromatic nitrogens is 1. The molecule has 0 amide bonds. The van der Waals surface area contributed by atoms with E-state index in [4.69, 9.17) is 4.98 Å². The van der Waals surface area contributed by atoms with E-state index in [-0.39, 0.29) is 10.5 Å². The summed E-state index contributed by atoms with van der Waals surface area (Å²) in [6.45, 7) is 6.15. The Morgan fingerprint density at radius 2 is 1.81 bits per heavy atom. The van der Waals surface area contributed by atoms with Gasteiger partial charge in [-0.25, -0.2) is 13.4 Å². The molecule has 4 rings (SSSR count). The van der Waals surface area contributed by atoms with Crippen molar-refractivity contribution in [3.8, 4) is 6.07 Å². The number of piperazine rings is 1. The van der Waals surface area contributed by atoms with Crippen LogP contribution in [0.15, 0.2) is 52.7 Å². The van der Waals surface area contributed by atoms with Crippen LogP contribution >= 0.6 is 11.3 Å². The number of hydrogen-bond acceptors (Lipinski definition) is 6. The summed E-state index contributed by atoms with van der Waals surface area (Å²) < 4.78 is 27.5. The van der Waals surface area contributed by atoms with Gasteiger partial charge in [0.05, 0.1) is 16.2 Å². The van der Waals surface area contributed by atoms with Gasteiger partial charge in [-0.1, -0.05) is 30.3 Å². The number of nitriles is 1. The quantitative estimate of drug-likeness (QED) is 0.589. The van der Waals surface area contributed by atoms with Crippen molar-refractivity contribution in [1.82, 2.24) is 9.29 Å². The Hall–Kier alpha value is -2.73. The first kappa shape index (κ1) is 21.5. The zero-order chi connectivity index (χ0) is 22.0. The van der Waals surface area contributed by atoms with Crippen LogP contribution in [0.4, 0.5) is 5.13 Å². The minimum absolute atomic E-state index is 0.0796. The number of sulfonamides is 1. The number of nitrogens with zero attached hydrogens (tertiary/aromatic N) is 4. The molecule has 0 N–H and O–H groups in total. The van der Waals surface area contributed by atoms with Crippen LogP contribution in [0, 0.1) is 25.2 Å². The fourth-order valence-corrected chi connectivity index (χ4v) is 6.21. The highest BCUT2D eigenvalue weighted by molar-refractivity contribution is 7.89. The molecule has 0 unspecified atom stereocenters. The largest absolute Gasteiger partial charge is 0.345 e. The standard InChI is InChI=1S/C23H24N4O2S2/c1-17-6-5-8-19(18(17)2)14-21-16-30-23(25-21)26-10-12-27(13-11-26)31(28,29)22-9-4-3-7-20(22)15-24/h3-9,16H,10-14H2,1-2H3. The SMILES string of the molecule is Cc1cccc(Cc2csc(N3CCN(S(=O)(=O)c4ccccc4C#N)CC3)n2)c1C. The minimum atomic E-state index is -3.69. The highest BCUT2D eigenvalue weighted by atomic mass is 32.2. The van der Waals surface area contributed by atoms with Crippen molar-refractivity contribution in [3.05, 3.63) is 75.8 Å². The molecule has 6 nitrogen and oxygen atoms in total. The van der Waals surface area contributed by atoms with E-state index in [1.54, 1.807) is 23.5 Å². The average Bonchev–Trinajstić information content (AvgIpc) is 3.25. The Kier molecular flexibility index (Phi) is 6.10. The van der Waals surface area contributed by atoms with Crippen molar-refractivity contribution < 1.29 is 8.42 Å². The third-order valence-corrected chi connectivity index (χ3v) is 8.67. The van der Waals surface area contributed by atoms with E-state index in [1.165, 1.54) is 33.1 Å².